The zero-order chi connectivity index (χ0) is 14.5. The van der Waals surface area contributed by atoms with Crippen molar-refractivity contribution in [2.24, 2.45) is 0 Å². The van der Waals surface area contributed by atoms with Crippen molar-refractivity contribution in [3.63, 3.8) is 0 Å². The lowest BCUT2D eigenvalue weighted by Crippen LogP contribution is -2.30. The first-order valence-corrected chi connectivity index (χ1v) is 7.44. The van der Waals surface area contributed by atoms with Crippen molar-refractivity contribution in [2.45, 2.75) is 12.5 Å². The Bertz CT molecular complexity index is 759. The SMILES string of the molecule is c1cc2c(cc1C1NCCc3cc4c(cc31)OCO4)OCO2. The molecule has 0 radical (unpaired) electrons. The lowest BCUT2D eigenvalue weighted by molar-refractivity contribution is 0.173. The van der Waals surface area contributed by atoms with Crippen molar-refractivity contribution in [3.05, 3.63) is 47.0 Å². The van der Waals surface area contributed by atoms with Gasteiger partial charge in [0.2, 0.25) is 13.6 Å². The van der Waals surface area contributed by atoms with E-state index in [0.717, 1.165) is 36.0 Å². The Morgan fingerprint density at radius 3 is 2.41 bits per heavy atom. The number of rotatable bonds is 1. The molecule has 0 spiro atoms. The van der Waals surface area contributed by atoms with E-state index in [1.807, 2.05) is 6.07 Å². The molecule has 5 rings (SSSR count). The average Bonchev–Trinajstić information content (AvgIpc) is 3.19. The summed E-state index contributed by atoms with van der Waals surface area (Å²) in [6.07, 6.45) is 0.993. The van der Waals surface area contributed by atoms with Gasteiger partial charge in [-0.25, -0.2) is 0 Å². The van der Waals surface area contributed by atoms with Crippen LogP contribution in [0.1, 0.15) is 22.7 Å². The predicted molar refractivity (Wildman–Crippen MR) is 78.7 cm³/mol. The maximum absolute atomic E-state index is 5.53. The van der Waals surface area contributed by atoms with E-state index in [4.69, 9.17) is 18.9 Å². The third kappa shape index (κ3) is 1.75. The normalized spacial score (nSPS) is 20.8. The molecule has 0 saturated heterocycles. The van der Waals surface area contributed by atoms with Crippen molar-refractivity contribution < 1.29 is 18.9 Å². The van der Waals surface area contributed by atoms with Crippen LogP contribution in [0.2, 0.25) is 0 Å². The molecule has 3 aliphatic rings. The standard InChI is InChI=1S/C17H15NO4/c1-2-13-14(20-8-19-13)6-11(1)17-12-7-16-15(21-9-22-16)5-10(12)3-4-18-17/h1-2,5-7,17-18H,3-4,8-9H2. The van der Waals surface area contributed by atoms with Gasteiger partial charge in [-0.15, -0.1) is 0 Å². The zero-order valence-corrected chi connectivity index (χ0v) is 11.9. The molecule has 2 aromatic rings. The molecule has 1 N–H and O–H groups in total. The Kier molecular flexibility index (Phi) is 2.52. The topological polar surface area (TPSA) is 49.0 Å². The molecule has 0 aromatic heterocycles. The quantitative estimate of drug-likeness (QED) is 0.876. The van der Waals surface area contributed by atoms with Gasteiger partial charge in [-0.3, -0.25) is 0 Å². The number of ether oxygens (including phenoxy) is 4. The second-order valence-electron chi connectivity index (χ2n) is 5.65. The predicted octanol–water partition coefficient (Wildman–Crippen LogP) is 2.38. The molecule has 5 nitrogen and oxygen atoms in total. The monoisotopic (exact) mass is 297 g/mol. The van der Waals surface area contributed by atoms with Gasteiger partial charge < -0.3 is 24.3 Å². The Labute approximate surface area is 127 Å². The summed E-state index contributed by atoms with van der Waals surface area (Å²) >= 11 is 0. The highest BCUT2D eigenvalue weighted by Crippen LogP contribution is 2.41. The van der Waals surface area contributed by atoms with Crippen molar-refractivity contribution in [2.75, 3.05) is 20.1 Å². The van der Waals surface area contributed by atoms with Crippen LogP contribution in [-0.2, 0) is 6.42 Å². The van der Waals surface area contributed by atoms with Crippen LogP contribution in [-0.4, -0.2) is 20.1 Å². The molecule has 0 bridgehead atoms. The molecular weight excluding hydrogens is 282 g/mol. The van der Waals surface area contributed by atoms with Gasteiger partial charge in [-0.05, 0) is 47.4 Å². The highest BCUT2D eigenvalue weighted by molar-refractivity contribution is 5.54. The molecule has 3 aliphatic heterocycles. The summed E-state index contributed by atoms with van der Waals surface area (Å²) in [6.45, 7) is 1.54. The van der Waals surface area contributed by atoms with E-state index in [-0.39, 0.29) is 6.04 Å². The van der Waals surface area contributed by atoms with Crippen LogP contribution in [0.5, 0.6) is 23.0 Å². The van der Waals surface area contributed by atoms with E-state index >= 15 is 0 Å². The first kappa shape index (κ1) is 12.2. The fourth-order valence-corrected chi connectivity index (χ4v) is 3.34. The van der Waals surface area contributed by atoms with Crippen LogP contribution < -0.4 is 24.3 Å². The Hall–Kier alpha value is -2.40. The van der Waals surface area contributed by atoms with Gasteiger partial charge in [0, 0.05) is 6.54 Å². The summed E-state index contributed by atoms with van der Waals surface area (Å²) in [5, 5.41) is 3.58. The van der Waals surface area contributed by atoms with Crippen molar-refractivity contribution in [1.29, 1.82) is 0 Å². The summed E-state index contributed by atoms with van der Waals surface area (Å²) in [6, 6.07) is 10.5. The van der Waals surface area contributed by atoms with E-state index in [1.54, 1.807) is 0 Å². The highest BCUT2D eigenvalue weighted by Gasteiger charge is 2.27. The molecule has 0 saturated carbocycles. The molecule has 112 valence electrons. The van der Waals surface area contributed by atoms with E-state index in [0.29, 0.717) is 13.6 Å². The molecule has 2 aromatic carbocycles. The lowest BCUT2D eigenvalue weighted by atomic mass is 9.89. The minimum absolute atomic E-state index is 0.132. The Morgan fingerprint density at radius 2 is 1.55 bits per heavy atom. The van der Waals surface area contributed by atoms with Crippen LogP contribution in [0.25, 0.3) is 0 Å². The van der Waals surface area contributed by atoms with Crippen LogP contribution in [0.15, 0.2) is 30.3 Å². The molecule has 0 amide bonds. The Balaban J connectivity index is 1.60. The van der Waals surface area contributed by atoms with Gasteiger partial charge in [0.15, 0.2) is 23.0 Å². The largest absolute Gasteiger partial charge is 0.454 e. The summed E-state index contributed by atoms with van der Waals surface area (Å²) in [5.74, 6) is 3.30. The Morgan fingerprint density at radius 1 is 0.818 bits per heavy atom. The summed E-state index contributed by atoms with van der Waals surface area (Å²) in [4.78, 5) is 0. The second-order valence-corrected chi connectivity index (χ2v) is 5.65. The van der Waals surface area contributed by atoms with Crippen molar-refractivity contribution in [1.82, 2.24) is 5.32 Å². The third-order valence-electron chi connectivity index (χ3n) is 4.42. The van der Waals surface area contributed by atoms with Crippen molar-refractivity contribution >= 4 is 0 Å². The summed E-state index contributed by atoms with van der Waals surface area (Å²) < 4.78 is 21.9. The maximum atomic E-state index is 5.53. The van der Waals surface area contributed by atoms with Crippen LogP contribution in [0.3, 0.4) is 0 Å². The first-order valence-electron chi connectivity index (χ1n) is 7.44. The second kappa shape index (κ2) is 4.55. The van der Waals surface area contributed by atoms with Gasteiger partial charge in [-0.2, -0.15) is 0 Å². The van der Waals surface area contributed by atoms with E-state index < -0.39 is 0 Å². The summed E-state index contributed by atoms with van der Waals surface area (Å²) in [5.41, 5.74) is 3.73. The minimum Gasteiger partial charge on any atom is -0.454 e. The lowest BCUT2D eigenvalue weighted by Gasteiger charge is -2.27. The molecular formula is C17H15NO4. The summed E-state index contributed by atoms with van der Waals surface area (Å²) in [7, 11) is 0. The van der Waals surface area contributed by atoms with E-state index in [1.165, 1.54) is 16.7 Å². The van der Waals surface area contributed by atoms with Gasteiger partial charge in [0.05, 0.1) is 6.04 Å². The number of nitrogens with one attached hydrogen (secondary N) is 1. The molecule has 0 fully saturated rings. The molecule has 0 aliphatic carbocycles. The van der Waals surface area contributed by atoms with Gasteiger partial charge in [0.25, 0.3) is 0 Å². The van der Waals surface area contributed by atoms with E-state index in [9.17, 15) is 0 Å². The number of benzene rings is 2. The van der Waals surface area contributed by atoms with Crippen molar-refractivity contribution in [3.8, 4) is 23.0 Å². The molecule has 5 heteroatoms. The fraction of sp³-hybridized carbons (Fsp3) is 0.294. The molecule has 3 heterocycles. The van der Waals surface area contributed by atoms with Gasteiger partial charge in [-0.1, -0.05) is 6.07 Å². The molecule has 1 unspecified atom stereocenters. The minimum atomic E-state index is 0.132. The maximum Gasteiger partial charge on any atom is 0.231 e. The molecule has 22 heavy (non-hydrogen) atoms. The average molecular weight is 297 g/mol. The number of hydrogen-bond acceptors (Lipinski definition) is 5. The molecule has 1 atom stereocenters. The zero-order valence-electron chi connectivity index (χ0n) is 11.9. The number of hydrogen-bond donors (Lipinski definition) is 1. The van der Waals surface area contributed by atoms with E-state index in [2.05, 4.69) is 29.6 Å². The fourth-order valence-electron chi connectivity index (χ4n) is 3.34. The first-order chi connectivity index (χ1) is 10.9. The van der Waals surface area contributed by atoms with Crippen LogP contribution >= 0.6 is 0 Å². The van der Waals surface area contributed by atoms with Gasteiger partial charge >= 0.3 is 0 Å². The third-order valence-corrected chi connectivity index (χ3v) is 4.42. The van der Waals surface area contributed by atoms with Gasteiger partial charge in [0.1, 0.15) is 0 Å². The highest BCUT2D eigenvalue weighted by atomic mass is 16.7. The number of fused-ring (bicyclic) bond motifs is 3. The van der Waals surface area contributed by atoms with Crippen LogP contribution in [0.4, 0.5) is 0 Å². The smallest absolute Gasteiger partial charge is 0.231 e. The van der Waals surface area contributed by atoms with Crippen LogP contribution in [0, 0.1) is 0 Å².